The lowest BCUT2D eigenvalue weighted by molar-refractivity contribution is -0.134. The minimum atomic E-state index is 0.0533. The second kappa shape index (κ2) is 7.13. The smallest absolute Gasteiger partial charge is 0.258 e. The second-order valence-corrected chi connectivity index (χ2v) is 8.37. The molecule has 2 bridgehead atoms. The Labute approximate surface area is 164 Å². The maximum absolute atomic E-state index is 13.1. The number of pyridine rings is 1. The van der Waals surface area contributed by atoms with Crippen molar-refractivity contribution >= 4 is 17.5 Å². The van der Waals surface area contributed by atoms with Crippen LogP contribution in [0.15, 0.2) is 41.2 Å². The lowest BCUT2D eigenvalue weighted by Crippen LogP contribution is -2.51. The molecule has 1 saturated heterocycles. The van der Waals surface area contributed by atoms with Gasteiger partial charge in [-0.2, -0.15) is 0 Å². The third-order valence-electron chi connectivity index (χ3n) is 5.56. The first-order valence-corrected chi connectivity index (χ1v) is 9.72. The predicted molar refractivity (Wildman–Crippen MR) is 107 cm³/mol. The Morgan fingerprint density at radius 3 is 2.56 bits per heavy atom. The van der Waals surface area contributed by atoms with Gasteiger partial charge in [-0.25, -0.2) is 0 Å². The van der Waals surface area contributed by atoms with Crippen LogP contribution in [0.1, 0.15) is 18.0 Å². The summed E-state index contributed by atoms with van der Waals surface area (Å²) < 4.78 is 1.93. The molecule has 3 heterocycles. The number of piperidine rings is 1. The highest BCUT2D eigenvalue weighted by Crippen LogP contribution is 2.35. The molecule has 1 aromatic heterocycles. The number of hydrogen-bond donors (Lipinski definition) is 0. The average molecular weight is 386 g/mol. The van der Waals surface area contributed by atoms with Crippen LogP contribution in [0.2, 0.25) is 5.02 Å². The fourth-order valence-corrected chi connectivity index (χ4v) is 4.50. The van der Waals surface area contributed by atoms with E-state index in [9.17, 15) is 9.59 Å². The number of likely N-dealkylation sites (tertiary alicyclic amines) is 1. The van der Waals surface area contributed by atoms with Crippen LogP contribution in [0.25, 0.3) is 11.1 Å². The summed E-state index contributed by atoms with van der Waals surface area (Å²) in [6.07, 6.45) is 1.05. The predicted octanol–water partition coefficient (Wildman–Crippen LogP) is 2.68. The molecule has 1 amide bonds. The number of nitrogens with zero attached hydrogens (tertiary/aromatic N) is 3. The van der Waals surface area contributed by atoms with E-state index >= 15 is 0 Å². The Hall–Kier alpha value is -2.11. The van der Waals surface area contributed by atoms with Gasteiger partial charge in [0.25, 0.3) is 5.56 Å². The highest BCUT2D eigenvalue weighted by Gasteiger charge is 2.36. The lowest BCUT2D eigenvalue weighted by atomic mass is 9.82. The Bertz CT molecular complexity index is 920. The average Bonchev–Trinajstić information content (AvgIpc) is 2.63. The molecule has 0 N–H and O–H groups in total. The van der Waals surface area contributed by atoms with E-state index < -0.39 is 0 Å². The standard InChI is InChI=1S/C21H24ClN3O2/c1-23(2)13-20(26)24-10-14-9-16(12-24)19-8-7-18(21(27)25(19)11-14)15-3-5-17(22)6-4-15/h3-8,14,16H,9-13H2,1-2H3. The van der Waals surface area contributed by atoms with E-state index in [0.717, 1.165) is 24.2 Å². The maximum Gasteiger partial charge on any atom is 0.258 e. The van der Waals surface area contributed by atoms with Crippen molar-refractivity contribution in [2.45, 2.75) is 18.9 Å². The number of likely N-dealkylation sites (N-methyl/N-ethyl adjacent to an activating group) is 1. The molecule has 2 aliphatic heterocycles. The molecular weight excluding hydrogens is 362 g/mol. The van der Waals surface area contributed by atoms with Crippen molar-refractivity contribution in [2.24, 2.45) is 5.92 Å². The SMILES string of the molecule is CN(C)CC(=O)N1CC2CC(C1)c1ccc(-c3ccc(Cl)cc3)c(=O)n1C2. The Kier molecular flexibility index (Phi) is 4.82. The highest BCUT2D eigenvalue weighted by molar-refractivity contribution is 6.30. The number of aromatic nitrogens is 1. The van der Waals surface area contributed by atoms with Crippen LogP contribution in [-0.4, -0.2) is 54.0 Å². The molecule has 2 aliphatic rings. The minimum absolute atomic E-state index is 0.0533. The summed E-state index contributed by atoms with van der Waals surface area (Å²) in [5.74, 6) is 0.736. The summed E-state index contributed by atoms with van der Waals surface area (Å²) >= 11 is 5.97. The van der Waals surface area contributed by atoms with Gasteiger partial charge in [0.2, 0.25) is 5.91 Å². The number of hydrogen-bond acceptors (Lipinski definition) is 3. The maximum atomic E-state index is 13.1. The van der Waals surface area contributed by atoms with Gasteiger partial charge in [0, 0.05) is 41.8 Å². The van der Waals surface area contributed by atoms with Gasteiger partial charge in [0.1, 0.15) is 0 Å². The normalized spacial score (nSPS) is 21.3. The van der Waals surface area contributed by atoms with E-state index in [2.05, 4.69) is 6.07 Å². The van der Waals surface area contributed by atoms with Crippen LogP contribution in [0.4, 0.5) is 0 Å². The van der Waals surface area contributed by atoms with E-state index in [0.29, 0.717) is 36.1 Å². The summed E-state index contributed by atoms with van der Waals surface area (Å²) in [6, 6.07) is 11.4. The molecule has 2 unspecified atom stereocenters. The molecule has 2 aromatic rings. The van der Waals surface area contributed by atoms with Crippen LogP contribution in [0.5, 0.6) is 0 Å². The van der Waals surface area contributed by atoms with E-state index in [-0.39, 0.29) is 17.4 Å². The lowest BCUT2D eigenvalue weighted by Gasteiger charge is -2.43. The van der Waals surface area contributed by atoms with Gasteiger partial charge in [-0.05, 0) is 56.3 Å². The fourth-order valence-electron chi connectivity index (χ4n) is 4.37. The quantitative estimate of drug-likeness (QED) is 0.816. The fraction of sp³-hybridized carbons (Fsp3) is 0.429. The highest BCUT2D eigenvalue weighted by atomic mass is 35.5. The number of benzene rings is 1. The minimum Gasteiger partial charge on any atom is -0.341 e. The molecule has 5 nitrogen and oxygen atoms in total. The Morgan fingerprint density at radius 2 is 1.85 bits per heavy atom. The number of carbonyl (C=O) groups excluding carboxylic acids is 1. The van der Waals surface area contributed by atoms with Crippen molar-refractivity contribution in [2.75, 3.05) is 33.7 Å². The van der Waals surface area contributed by atoms with Gasteiger partial charge >= 0.3 is 0 Å². The molecule has 0 saturated carbocycles. The second-order valence-electron chi connectivity index (χ2n) is 7.93. The number of rotatable bonds is 3. The molecule has 0 aliphatic carbocycles. The molecule has 27 heavy (non-hydrogen) atoms. The van der Waals surface area contributed by atoms with E-state index in [1.54, 1.807) is 0 Å². The summed E-state index contributed by atoms with van der Waals surface area (Å²) in [5.41, 5.74) is 2.70. The van der Waals surface area contributed by atoms with Crippen molar-refractivity contribution in [3.05, 3.63) is 57.5 Å². The molecule has 4 rings (SSSR count). The van der Waals surface area contributed by atoms with Crippen molar-refractivity contribution < 1.29 is 4.79 Å². The summed E-state index contributed by atoms with van der Waals surface area (Å²) in [7, 11) is 3.83. The molecular formula is C21H24ClN3O2. The first-order valence-electron chi connectivity index (χ1n) is 9.34. The first-order chi connectivity index (χ1) is 12.9. The largest absolute Gasteiger partial charge is 0.341 e. The van der Waals surface area contributed by atoms with Crippen LogP contribution in [0, 0.1) is 5.92 Å². The van der Waals surface area contributed by atoms with Gasteiger partial charge < -0.3 is 14.4 Å². The van der Waals surface area contributed by atoms with Crippen molar-refractivity contribution in [1.82, 2.24) is 14.4 Å². The zero-order valence-electron chi connectivity index (χ0n) is 15.7. The van der Waals surface area contributed by atoms with Gasteiger partial charge in [-0.15, -0.1) is 0 Å². The van der Waals surface area contributed by atoms with Gasteiger partial charge in [-0.3, -0.25) is 9.59 Å². The zero-order chi connectivity index (χ0) is 19.1. The van der Waals surface area contributed by atoms with E-state index in [4.69, 9.17) is 11.6 Å². The third kappa shape index (κ3) is 3.54. The number of halogens is 1. The van der Waals surface area contributed by atoms with Gasteiger partial charge in [-0.1, -0.05) is 23.7 Å². The molecule has 1 fully saturated rings. The number of carbonyl (C=O) groups is 1. The van der Waals surface area contributed by atoms with E-state index in [1.165, 1.54) is 0 Å². The summed E-state index contributed by atoms with van der Waals surface area (Å²) in [6.45, 7) is 2.54. The summed E-state index contributed by atoms with van der Waals surface area (Å²) in [4.78, 5) is 29.5. The Balaban J connectivity index is 1.64. The molecule has 142 valence electrons. The van der Waals surface area contributed by atoms with Crippen LogP contribution in [0.3, 0.4) is 0 Å². The Morgan fingerprint density at radius 1 is 1.11 bits per heavy atom. The molecule has 6 heteroatoms. The van der Waals surface area contributed by atoms with Gasteiger partial charge in [0.15, 0.2) is 0 Å². The van der Waals surface area contributed by atoms with Crippen molar-refractivity contribution in [1.29, 1.82) is 0 Å². The zero-order valence-corrected chi connectivity index (χ0v) is 16.4. The van der Waals surface area contributed by atoms with Crippen LogP contribution in [-0.2, 0) is 11.3 Å². The summed E-state index contributed by atoms with van der Waals surface area (Å²) in [5, 5.41) is 0.661. The number of fused-ring (bicyclic) bond motifs is 4. The van der Waals surface area contributed by atoms with Crippen LogP contribution < -0.4 is 5.56 Å². The van der Waals surface area contributed by atoms with Crippen molar-refractivity contribution in [3.63, 3.8) is 0 Å². The first kappa shape index (κ1) is 18.3. The molecule has 2 atom stereocenters. The molecule has 0 spiro atoms. The van der Waals surface area contributed by atoms with Crippen LogP contribution >= 0.6 is 11.6 Å². The monoisotopic (exact) mass is 385 g/mol. The molecule has 1 aromatic carbocycles. The van der Waals surface area contributed by atoms with Gasteiger partial charge in [0.05, 0.1) is 6.54 Å². The topological polar surface area (TPSA) is 45.6 Å². The number of amides is 1. The van der Waals surface area contributed by atoms with E-state index in [1.807, 2.05) is 58.8 Å². The third-order valence-corrected chi connectivity index (χ3v) is 5.82. The van der Waals surface area contributed by atoms with Crippen molar-refractivity contribution in [3.8, 4) is 11.1 Å². The molecule has 0 radical (unpaired) electrons.